The van der Waals surface area contributed by atoms with Gasteiger partial charge in [0.2, 0.25) is 5.91 Å². The van der Waals surface area contributed by atoms with Crippen LogP contribution >= 0.6 is 0 Å². The van der Waals surface area contributed by atoms with Gasteiger partial charge in [0.05, 0.1) is 34.7 Å². The zero-order chi connectivity index (χ0) is 23.5. The third kappa shape index (κ3) is 4.47. The van der Waals surface area contributed by atoms with Gasteiger partial charge in [-0.15, -0.1) is 0 Å². The topological polar surface area (TPSA) is 123 Å². The van der Waals surface area contributed by atoms with E-state index in [-0.39, 0.29) is 23.3 Å². The molecule has 0 spiro atoms. The van der Waals surface area contributed by atoms with E-state index in [1.54, 1.807) is 31.3 Å². The molecule has 3 aromatic rings. The van der Waals surface area contributed by atoms with E-state index in [0.717, 1.165) is 22.4 Å². The minimum absolute atomic E-state index is 0.0464. The summed E-state index contributed by atoms with van der Waals surface area (Å²) >= 11 is 0. The first kappa shape index (κ1) is 21.8. The Bertz CT molecular complexity index is 1270. The van der Waals surface area contributed by atoms with Crippen LogP contribution < -0.4 is 20.7 Å². The monoisotopic (exact) mass is 446 g/mol. The highest BCUT2D eigenvalue weighted by Gasteiger charge is 2.21. The van der Waals surface area contributed by atoms with Gasteiger partial charge in [0.1, 0.15) is 0 Å². The van der Waals surface area contributed by atoms with E-state index in [4.69, 9.17) is 4.74 Å². The van der Waals surface area contributed by atoms with E-state index in [1.165, 1.54) is 13.2 Å². The van der Waals surface area contributed by atoms with Gasteiger partial charge in [-0.2, -0.15) is 0 Å². The summed E-state index contributed by atoms with van der Waals surface area (Å²) in [5.41, 5.74) is 4.74. The molecular formula is C24H22N4O5. The predicted molar refractivity (Wildman–Crippen MR) is 125 cm³/mol. The summed E-state index contributed by atoms with van der Waals surface area (Å²) in [5.74, 6) is -0.143. The van der Waals surface area contributed by atoms with Crippen LogP contribution in [0.4, 0.5) is 22.7 Å². The lowest BCUT2D eigenvalue weighted by molar-refractivity contribution is -0.385. The fourth-order valence-corrected chi connectivity index (χ4v) is 3.71. The van der Waals surface area contributed by atoms with Gasteiger partial charge < -0.3 is 20.7 Å². The number of ether oxygens (including phenoxy) is 1. The van der Waals surface area contributed by atoms with Crippen LogP contribution in [0.3, 0.4) is 0 Å². The molecule has 0 atom stereocenters. The zero-order valence-corrected chi connectivity index (χ0v) is 18.1. The fourth-order valence-electron chi connectivity index (χ4n) is 3.71. The summed E-state index contributed by atoms with van der Waals surface area (Å²) in [7, 11) is 2.98. The Morgan fingerprint density at radius 1 is 1.00 bits per heavy atom. The molecule has 1 aliphatic heterocycles. The maximum Gasteiger partial charge on any atom is 0.310 e. The van der Waals surface area contributed by atoms with Crippen LogP contribution in [0.15, 0.2) is 54.6 Å². The maximum absolute atomic E-state index is 12.8. The summed E-state index contributed by atoms with van der Waals surface area (Å²) in [4.78, 5) is 35.1. The number of amides is 2. The van der Waals surface area contributed by atoms with Gasteiger partial charge in [-0.05, 0) is 59.5 Å². The molecule has 1 heterocycles. The van der Waals surface area contributed by atoms with Crippen LogP contribution in [0.25, 0.3) is 11.1 Å². The van der Waals surface area contributed by atoms with Crippen molar-refractivity contribution in [2.75, 3.05) is 24.8 Å². The smallest absolute Gasteiger partial charge is 0.310 e. The molecule has 0 saturated carbocycles. The fraction of sp³-hybridized carbons (Fsp3) is 0.167. The third-order valence-corrected chi connectivity index (χ3v) is 5.50. The predicted octanol–water partition coefficient (Wildman–Crippen LogP) is 4.26. The lowest BCUT2D eigenvalue weighted by Gasteiger charge is -2.12. The molecule has 2 amide bonds. The molecule has 168 valence electrons. The Morgan fingerprint density at radius 2 is 1.76 bits per heavy atom. The van der Waals surface area contributed by atoms with Crippen LogP contribution in [0.5, 0.6) is 5.75 Å². The number of benzene rings is 3. The Morgan fingerprint density at radius 3 is 2.48 bits per heavy atom. The van der Waals surface area contributed by atoms with Gasteiger partial charge >= 0.3 is 5.69 Å². The number of carbonyl (C=O) groups excluding carboxylic acids is 2. The summed E-state index contributed by atoms with van der Waals surface area (Å²) in [6.07, 6.45) is 0.918. The number of anilines is 3. The Labute approximate surface area is 189 Å². The van der Waals surface area contributed by atoms with Gasteiger partial charge in [-0.25, -0.2) is 0 Å². The lowest BCUT2D eigenvalue weighted by Crippen LogP contribution is -2.18. The molecule has 0 fully saturated rings. The molecule has 4 rings (SSSR count). The van der Waals surface area contributed by atoms with Gasteiger partial charge in [-0.1, -0.05) is 12.1 Å². The number of fused-ring (bicyclic) bond motifs is 2. The van der Waals surface area contributed by atoms with Crippen LogP contribution in [0.2, 0.25) is 0 Å². The molecule has 1 aliphatic rings. The normalized spacial score (nSPS) is 11.9. The maximum atomic E-state index is 12.8. The molecule has 33 heavy (non-hydrogen) atoms. The SMILES string of the molecule is CNC(=O)CCc1ccc2c(c1)NC(=O)c1ccc(-c3ccc([N+](=O)[O-])c(OC)c3)cc1N2. The highest BCUT2D eigenvalue weighted by Crippen LogP contribution is 2.37. The number of nitrogens with one attached hydrogen (secondary N) is 3. The number of carbonyl (C=O) groups is 2. The molecular weight excluding hydrogens is 424 g/mol. The number of hydrogen-bond donors (Lipinski definition) is 3. The minimum Gasteiger partial charge on any atom is -0.490 e. The van der Waals surface area contributed by atoms with E-state index < -0.39 is 4.92 Å². The van der Waals surface area contributed by atoms with Crippen LogP contribution in [0, 0.1) is 10.1 Å². The van der Waals surface area contributed by atoms with Gasteiger partial charge in [-0.3, -0.25) is 19.7 Å². The lowest BCUT2D eigenvalue weighted by atomic mass is 10.0. The first-order chi connectivity index (χ1) is 15.9. The average molecular weight is 446 g/mol. The summed E-state index contributed by atoms with van der Waals surface area (Å²) in [6, 6.07) is 15.6. The number of hydrogen-bond acceptors (Lipinski definition) is 6. The highest BCUT2D eigenvalue weighted by atomic mass is 16.6. The second-order valence-corrected chi connectivity index (χ2v) is 7.54. The van der Waals surface area contributed by atoms with E-state index in [2.05, 4.69) is 16.0 Å². The van der Waals surface area contributed by atoms with Gasteiger partial charge in [0, 0.05) is 19.5 Å². The van der Waals surface area contributed by atoms with E-state index in [9.17, 15) is 19.7 Å². The highest BCUT2D eigenvalue weighted by molar-refractivity contribution is 6.12. The van der Waals surface area contributed by atoms with Crippen molar-refractivity contribution in [2.24, 2.45) is 0 Å². The van der Waals surface area contributed by atoms with Crippen molar-refractivity contribution in [3.05, 3.63) is 75.8 Å². The number of nitro benzene ring substituents is 1. The summed E-state index contributed by atoms with van der Waals surface area (Å²) in [5, 5.41) is 20.0. The summed E-state index contributed by atoms with van der Waals surface area (Å²) < 4.78 is 5.17. The number of rotatable bonds is 6. The van der Waals surface area contributed by atoms with Crippen molar-refractivity contribution >= 4 is 34.6 Å². The van der Waals surface area contributed by atoms with Crippen molar-refractivity contribution in [1.82, 2.24) is 5.32 Å². The van der Waals surface area contributed by atoms with Crippen LogP contribution in [-0.4, -0.2) is 30.9 Å². The van der Waals surface area contributed by atoms with Crippen molar-refractivity contribution in [3.8, 4) is 16.9 Å². The first-order valence-electron chi connectivity index (χ1n) is 10.3. The minimum atomic E-state index is -0.495. The molecule has 0 saturated heterocycles. The van der Waals surface area contributed by atoms with E-state index >= 15 is 0 Å². The molecule has 0 unspecified atom stereocenters. The molecule has 0 aliphatic carbocycles. The van der Waals surface area contributed by atoms with E-state index in [1.807, 2.05) is 24.3 Å². The standard InChI is InChI=1S/C24H22N4O5/c1-25-23(29)10-4-14-3-8-18-20(11-14)27-24(30)17-7-5-15(12-19(17)26-18)16-6-9-21(28(31)32)22(13-16)33-2/h3,5-9,11-13,26H,4,10H2,1-2H3,(H,25,29)(H,27,30). The van der Waals surface area contributed by atoms with Crippen molar-refractivity contribution in [1.29, 1.82) is 0 Å². The molecule has 0 aromatic heterocycles. The molecule has 0 bridgehead atoms. The number of nitrogens with zero attached hydrogens (tertiary/aromatic N) is 1. The number of nitro groups is 1. The zero-order valence-electron chi connectivity index (χ0n) is 18.1. The van der Waals surface area contributed by atoms with Crippen molar-refractivity contribution in [3.63, 3.8) is 0 Å². The Kier molecular flexibility index (Phi) is 5.95. The second kappa shape index (κ2) is 8.99. The van der Waals surface area contributed by atoms with Gasteiger partial charge in [0.25, 0.3) is 5.91 Å². The van der Waals surface area contributed by atoms with Crippen molar-refractivity contribution < 1.29 is 19.2 Å². The largest absolute Gasteiger partial charge is 0.490 e. The number of methoxy groups -OCH3 is 1. The Balaban J connectivity index is 1.66. The molecule has 9 heteroatoms. The molecule has 9 nitrogen and oxygen atoms in total. The molecule has 3 aromatic carbocycles. The van der Waals surface area contributed by atoms with Crippen LogP contribution in [-0.2, 0) is 11.2 Å². The average Bonchev–Trinajstić information content (AvgIpc) is 2.96. The molecule has 0 radical (unpaired) electrons. The quantitative estimate of drug-likeness (QED) is 0.384. The van der Waals surface area contributed by atoms with E-state index in [0.29, 0.717) is 29.8 Å². The number of aryl methyl sites for hydroxylation is 1. The summed E-state index contributed by atoms with van der Waals surface area (Å²) in [6.45, 7) is 0. The van der Waals surface area contributed by atoms with Gasteiger partial charge in [0.15, 0.2) is 5.75 Å². The first-order valence-corrected chi connectivity index (χ1v) is 10.3. The third-order valence-electron chi connectivity index (χ3n) is 5.50. The van der Waals surface area contributed by atoms with Crippen LogP contribution in [0.1, 0.15) is 22.3 Å². The Hall–Kier alpha value is -4.40. The second-order valence-electron chi connectivity index (χ2n) is 7.54. The van der Waals surface area contributed by atoms with Crippen molar-refractivity contribution in [2.45, 2.75) is 12.8 Å². The molecule has 3 N–H and O–H groups in total.